The molecule has 1 aromatic heterocycles. The third kappa shape index (κ3) is 4.08. The van der Waals surface area contributed by atoms with Crippen molar-refractivity contribution in [3.8, 4) is 5.75 Å². The largest absolute Gasteiger partial charge is 0.508 e. The maximum atomic E-state index is 9.47. The third-order valence-electron chi connectivity index (χ3n) is 3.10. The molecule has 0 saturated heterocycles. The van der Waals surface area contributed by atoms with Crippen LogP contribution in [0.2, 0.25) is 0 Å². The lowest BCUT2D eigenvalue weighted by atomic mass is 10.2. The molecule has 2 aromatic rings. The molecule has 20 heavy (non-hydrogen) atoms. The SMILES string of the molecule is COCCNCc1cn(Cc2cccc(O)c2)nc1C. The van der Waals surface area contributed by atoms with E-state index in [0.717, 1.165) is 24.3 Å². The van der Waals surface area contributed by atoms with Gasteiger partial charge in [0.25, 0.3) is 0 Å². The highest BCUT2D eigenvalue weighted by molar-refractivity contribution is 5.27. The van der Waals surface area contributed by atoms with Gasteiger partial charge in [-0.3, -0.25) is 4.68 Å². The van der Waals surface area contributed by atoms with Gasteiger partial charge in [-0.2, -0.15) is 5.10 Å². The number of hydrogen-bond acceptors (Lipinski definition) is 4. The number of rotatable bonds is 7. The quantitative estimate of drug-likeness (QED) is 0.755. The van der Waals surface area contributed by atoms with Crippen molar-refractivity contribution in [2.75, 3.05) is 20.3 Å². The van der Waals surface area contributed by atoms with Gasteiger partial charge in [-0.05, 0) is 24.6 Å². The van der Waals surface area contributed by atoms with Crippen molar-refractivity contribution in [3.63, 3.8) is 0 Å². The molecule has 5 nitrogen and oxygen atoms in total. The molecule has 108 valence electrons. The number of aromatic hydroxyl groups is 1. The van der Waals surface area contributed by atoms with E-state index in [4.69, 9.17) is 4.74 Å². The smallest absolute Gasteiger partial charge is 0.115 e. The molecular weight excluding hydrogens is 254 g/mol. The van der Waals surface area contributed by atoms with Crippen LogP contribution in [0.5, 0.6) is 5.75 Å². The number of hydrogen-bond donors (Lipinski definition) is 2. The molecule has 1 aromatic carbocycles. The van der Waals surface area contributed by atoms with Crippen LogP contribution in [-0.2, 0) is 17.8 Å². The molecular formula is C15H21N3O2. The molecule has 0 unspecified atom stereocenters. The van der Waals surface area contributed by atoms with Crippen LogP contribution in [-0.4, -0.2) is 35.1 Å². The Labute approximate surface area is 119 Å². The fourth-order valence-electron chi connectivity index (χ4n) is 2.05. The molecule has 0 radical (unpaired) electrons. The number of phenols is 1. The van der Waals surface area contributed by atoms with Crippen molar-refractivity contribution in [2.45, 2.75) is 20.0 Å². The van der Waals surface area contributed by atoms with E-state index in [1.807, 2.05) is 29.9 Å². The fourth-order valence-corrected chi connectivity index (χ4v) is 2.05. The Morgan fingerprint density at radius 1 is 1.40 bits per heavy atom. The lowest BCUT2D eigenvalue weighted by Gasteiger charge is -2.03. The van der Waals surface area contributed by atoms with Crippen LogP contribution in [0.1, 0.15) is 16.8 Å². The van der Waals surface area contributed by atoms with E-state index in [1.54, 1.807) is 19.2 Å². The highest BCUT2D eigenvalue weighted by atomic mass is 16.5. The number of benzene rings is 1. The first-order chi connectivity index (χ1) is 9.69. The number of methoxy groups -OCH3 is 1. The van der Waals surface area contributed by atoms with Gasteiger partial charge in [0.05, 0.1) is 18.8 Å². The normalized spacial score (nSPS) is 10.9. The van der Waals surface area contributed by atoms with E-state index in [9.17, 15) is 5.11 Å². The standard InChI is InChI=1S/C15H21N3O2/c1-12-14(9-16-6-7-20-2)11-18(17-12)10-13-4-3-5-15(19)8-13/h3-5,8,11,16,19H,6-7,9-10H2,1-2H3. The van der Waals surface area contributed by atoms with E-state index in [0.29, 0.717) is 13.2 Å². The van der Waals surface area contributed by atoms with Crippen LogP contribution >= 0.6 is 0 Å². The van der Waals surface area contributed by atoms with Crippen LogP contribution in [0.25, 0.3) is 0 Å². The Bertz CT molecular complexity index is 552. The second-order valence-electron chi connectivity index (χ2n) is 4.78. The fraction of sp³-hybridized carbons (Fsp3) is 0.400. The lowest BCUT2D eigenvalue weighted by Crippen LogP contribution is -2.18. The van der Waals surface area contributed by atoms with E-state index >= 15 is 0 Å². The van der Waals surface area contributed by atoms with Crippen LogP contribution in [0.3, 0.4) is 0 Å². The third-order valence-corrected chi connectivity index (χ3v) is 3.10. The molecule has 1 heterocycles. The predicted octanol–water partition coefficient (Wildman–Crippen LogP) is 1.68. The van der Waals surface area contributed by atoms with Crippen LogP contribution in [0, 0.1) is 6.92 Å². The van der Waals surface area contributed by atoms with Crippen molar-refractivity contribution in [1.82, 2.24) is 15.1 Å². The van der Waals surface area contributed by atoms with Crippen molar-refractivity contribution >= 4 is 0 Å². The van der Waals surface area contributed by atoms with E-state index < -0.39 is 0 Å². The minimum Gasteiger partial charge on any atom is -0.508 e. The molecule has 0 amide bonds. The van der Waals surface area contributed by atoms with Gasteiger partial charge in [0.2, 0.25) is 0 Å². The van der Waals surface area contributed by atoms with Gasteiger partial charge < -0.3 is 15.2 Å². The summed E-state index contributed by atoms with van der Waals surface area (Å²) in [5.41, 5.74) is 3.24. The van der Waals surface area contributed by atoms with Crippen molar-refractivity contribution < 1.29 is 9.84 Å². The minimum absolute atomic E-state index is 0.285. The van der Waals surface area contributed by atoms with E-state index in [1.165, 1.54) is 5.56 Å². The van der Waals surface area contributed by atoms with Crippen LogP contribution in [0.4, 0.5) is 0 Å². The summed E-state index contributed by atoms with van der Waals surface area (Å²) in [7, 11) is 1.69. The summed E-state index contributed by atoms with van der Waals surface area (Å²) in [4.78, 5) is 0. The average Bonchev–Trinajstić information content (AvgIpc) is 2.75. The first-order valence-electron chi connectivity index (χ1n) is 6.69. The second kappa shape index (κ2) is 7.07. The van der Waals surface area contributed by atoms with Crippen molar-refractivity contribution in [1.29, 1.82) is 0 Å². The van der Waals surface area contributed by atoms with E-state index in [2.05, 4.69) is 10.4 Å². The van der Waals surface area contributed by atoms with Gasteiger partial charge >= 0.3 is 0 Å². The second-order valence-corrected chi connectivity index (χ2v) is 4.78. The van der Waals surface area contributed by atoms with Gasteiger partial charge in [0.1, 0.15) is 5.75 Å². The summed E-state index contributed by atoms with van der Waals surface area (Å²) in [5.74, 6) is 0.285. The molecule has 0 bridgehead atoms. The van der Waals surface area contributed by atoms with Crippen molar-refractivity contribution in [2.24, 2.45) is 0 Å². The molecule has 0 aliphatic heterocycles. The zero-order valence-electron chi connectivity index (χ0n) is 12.0. The first kappa shape index (κ1) is 14.6. The summed E-state index contributed by atoms with van der Waals surface area (Å²) < 4.78 is 6.90. The Balaban J connectivity index is 1.96. The molecule has 0 fully saturated rings. The molecule has 0 atom stereocenters. The number of aryl methyl sites for hydroxylation is 1. The summed E-state index contributed by atoms with van der Waals surface area (Å²) in [6.07, 6.45) is 2.04. The van der Waals surface area contributed by atoms with Gasteiger partial charge in [-0.25, -0.2) is 0 Å². The number of phenolic OH excluding ortho intramolecular Hbond substituents is 1. The lowest BCUT2D eigenvalue weighted by molar-refractivity contribution is 0.199. The van der Waals surface area contributed by atoms with Crippen LogP contribution in [0.15, 0.2) is 30.5 Å². The zero-order valence-corrected chi connectivity index (χ0v) is 12.0. The maximum absolute atomic E-state index is 9.47. The Hall–Kier alpha value is -1.85. The molecule has 0 spiro atoms. The predicted molar refractivity (Wildman–Crippen MR) is 77.8 cm³/mol. The highest BCUT2D eigenvalue weighted by Gasteiger charge is 2.05. The Kier molecular flexibility index (Phi) is 5.15. The van der Waals surface area contributed by atoms with E-state index in [-0.39, 0.29) is 5.75 Å². The molecule has 0 aliphatic carbocycles. The minimum atomic E-state index is 0.285. The molecule has 2 rings (SSSR count). The Morgan fingerprint density at radius 3 is 3.00 bits per heavy atom. The highest BCUT2D eigenvalue weighted by Crippen LogP contribution is 2.13. The van der Waals surface area contributed by atoms with Gasteiger partial charge in [0.15, 0.2) is 0 Å². The Morgan fingerprint density at radius 2 is 2.25 bits per heavy atom. The summed E-state index contributed by atoms with van der Waals surface area (Å²) in [6, 6.07) is 7.25. The number of aromatic nitrogens is 2. The topological polar surface area (TPSA) is 59.3 Å². The van der Waals surface area contributed by atoms with Gasteiger partial charge in [-0.1, -0.05) is 12.1 Å². The molecule has 5 heteroatoms. The average molecular weight is 275 g/mol. The maximum Gasteiger partial charge on any atom is 0.115 e. The van der Waals surface area contributed by atoms with Gasteiger partial charge in [0, 0.05) is 32.0 Å². The number of ether oxygens (including phenoxy) is 1. The summed E-state index contributed by atoms with van der Waals surface area (Å²) in [6.45, 7) is 4.99. The number of nitrogens with zero attached hydrogens (tertiary/aromatic N) is 2. The van der Waals surface area contributed by atoms with Crippen molar-refractivity contribution in [3.05, 3.63) is 47.3 Å². The molecule has 0 aliphatic rings. The van der Waals surface area contributed by atoms with Crippen LogP contribution < -0.4 is 5.32 Å². The summed E-state index contributed by atoms with van der Waals surface area (Å²) in [5, 5.41) is 17.3. The monoisotopic (exact) mass is 275 g/mol. The van der Waals surface area contributed by atoms with Gasteiger partial charge in [-0.15, -0.1) is 0 Å². The number of nitrogens with one attached hydrogen (secondary N) is 1. The zero-order chi connectivity index (χ0) is 14.4. The summed E-state index contributed by atoms with van der Waals surface area (Å²) >= 11 is 0. The molecule has 0 saturated carbocycles. The first-order valence-corrected chi connectivity index (χ1v) is 6.69. The molecule has 2 N–H and O–H groups in total.